The highest BCUT2D eigenvalue weighted by Gasteiger charge is 2.16. The van der Waals surface area contributed by atoms with Crippen LogP contribution in [0.2, 0.25) is 0 Å². The van der Waals surface area contributed by atoms with Gasteiger partial charge in [0.2, 0.25) is 0 Å². The molecule has 0 unspecified atom stereocenters. The SMILES string of the molecule is Cn1cc(C(=O)c2ccc(N)cc2)c(=O)n(C)c1=O. The van der Waals surface area contributed by atoms with E-state index in [9.17, 15) is 14.4 Å². The molecular formula is C13H13N3O3. The first-order valence-corrected chi connectivity index (χ1v) is 5.58. The lowest BCUT2D eigenvalue weighted by atomic mass is 10.1. The third-order valence-corrected chi connectivity index (χ3v) is 2.86. The summed E-state index contributed by atoms with van der Waals surface area (Å²) < 4.78 is 2.11. The number of anilines is 1. The van der Waals surface area contributed by atoms with Gasteiger partial charge in [0.05, 0.1) is 0 Å². The molecule has 0 saturated carbocycles. The Hall–Kier alpha value is -2.63. The molecule has 98 valence electrons. The van der Waals surface area contributed by atoms with Gasteiger partial charge in [0.15, 0.2) is 5.78 Å². The molecule has 2 aromatic rings. The Morgan fingerprint density at radius 2 is 1.68 bits per heavy atom. The fourth-order valence-corrected chi connectivity index (χ4v) is 1.75. The summed E-state index contributed by atoms with van der Waals surface area (Å²) in [5.41, 5.74) is 5.30. The van der Waals surface area contributed by atoms with Gasteiger partial charge in [0, 0.05) is 31.5 Å². The molecule has 6 heteroatoms. The lowest BCUT2D eigenvalue weighted by Crippen LogP contribution is -2.39. The van der Waals surface area contributed by atoms with Crippen molar-refractivity contribution in [2.75, 3.05) is 5.73 Å². The maximum absolute atomic E-state index is 12.2. The summed E-state index contributed by atoms with van der Waals surface area (Å²) in [6.07, 6.45) is 1.25. The van der Waals surface area contributed by atoms with Gasteiger partial charge in [0.1, 0.15) is 5.56 Å². The fraction of sp³-hybridized carbons (Fsp3) is 0.154. The third kappa shape index (κ3) is 2.20. The number of nitrogens with two attached hydrogens (primary N) is 1. The van der Waals surface area contributed by atoms with Gasteiger partial charge in [-0.2, -0.15) is 0 Å². The highest BCUT2D eigenvalue weighted by Crippen LogP contribution is 2.09. The number of benzene rings is 1. The molecule has 19 heavy (non-hydrogen) atoms. The average Bonchev–Trinajstić information content (AvgIpc) is 2.40. The van der Waals surface area contributed by atoms with Crippen LogP contribution in [0.25, 0.3) is 0 Å². The maximum Gasteiger partial charge on any atom is 0.330 e. The number of hydrogen-bond acceptors (Lipinski definition) is 4. The van der Waals surface area contributed by atoms with Crippen molar-refractivity contribution in [3.05, 3.63) is 62.4 Å². The zero-order valence-corrected chi connectivity index (χ0v) is 10.6. The minimum atomic E-state index is -0.607. The van der Waals surface area contributed by atoms with Gasteiger partial charge >= 0.3 is 5.69 Å². The highest BCUT2D eigenvalue weighted by molar-refractivity contribution is 6.08. The first-order chi connectivity index (χ1) is 8.91. The number of aryl methyl sites for hydroxylation is 1. The van der Waals surface area contributed by atoms with Gasteiger partial charge in [-0.05, 0) is 24.3 Å². The second-order valence-electron chi connectivity index (χ2n) is 4.25. The van der Waals surface area contributed by atoms with Crippen LogP contribution in [0.4, 0.5) is 5.69 Å². The Balaban J connectivity index is 2.60. The van der Waals surface area contributed by atoms with Crippen molar-refractivity contribution in [2.45, 2.75) is 0 Å². The smallest absolute Gasteiger partial charge is 0.330 e. The van der Waals surface area contributed by atoms with Crippen LogP contribution < -0.4 is 17.0 Å². The summed E-state index contributed by atoms with van der Waals surface area (Å²) in [7, 11) is 2.83. The molecule has 1 heterocycles. The molecule has 0 amide bonds. The molecule has 1 aromatic heterocycles. The standard InChI is InChI=1S/C13H13N3O3/c1-15-7-10(12(18)16(2)13(15)19)11(17)8-3-5-9(14)6-4-8/h3-7H,14H2,1-2H3. The normalized spacial score (nSPS) is 10.4. The quantitative estimate of drug-likeness (QED) is 0.602. The Morgan fingerprint density at radius 3 is 2.26 bits per heavy atom. The van der Waals surface area contributed by atoms with Crippen molar-refractivity contribution in [3.63, 3.8) is 0 Å². The number of aromatic nitrogens is 2. The van der Waals surface area contributed by atoms with Crippen molar-refractivity contribution < 1.29 is 4.79 Å². The first-order valence-electron chi connectivity index (χ1n) is 5.58. The third-order valence-electron chi connectivity index (χ3n) is 2.86. The first kappa shape index (κ1) is 12.8. The minimum absolute atomic E-state index is 0.0469. The van der Waals surface area contributed by atoms with E-state index in [2.05, 4.69) is 0 Å². The van der Waals surface area contributed by atoms with Gasteiger partial charge in [-0.15, -0.1) is 0 Å². The molecule has 0 radical (unpaired) electrons. The monoisotopic (exact) mass is 259 g/mol. The number of rotatable bonds is 2. The van der Waals surface area contributed by atoms with E-state index in [0.717, 1.165) is 4.57 Å². The molecule has 0 aliphatic rings. The number of carbonyl (C=O) groups excluding carboxylic acids is 1. The maximum atomic E-state index is 12.2. The lowest BCUT2D eigenvalue weighted by molar-refractivity contribution is 0.103. The van der Waals surface area contributed by atoms with Gasteiger partial charge in [0.25, 0.3) is 5.56 Å². The molecule has 6 nitrogen and oxygen atoms in total. The zero-order chi connectivity index (χ0) is 14.2. The van der Waals surface area contributed by atoms with E-state index in [1.54, 1.807) is 24.3 Å². The lowest BCUT2D eigenvalue weighted by Gasteiger charge is -2.06. The van der Waals surface area contributed by atoms with Crippen LogP contribution in [-0.2, 0) is 14.1 Å². The molecule has 0 spiro atoms. The molecule has 2 N–H and O–H groups in total. The van der Waals surface area contributed by atoms with Crippen molar-refractivity contribution >= 4 is 11.5 Å². The number of nitrogen functional groups attached to an aromatic ring is 1. The molecule has 0 atom stereocenters. The Kier molecular flexibility index (Phi) is 3.08. The summed E-state index contributed by atoms with van der Waals surface area (Å²) in [5.74, 6) is -0.434. The Bertz CT molecular complexity index is 754. The van der Waals surface area contributed by atoms with Crippen LogP contribution in [0, 0.1) is 0 Å². The van der Waals surface area contributed by atoms with Crippen LogP contribution in [-0.4, -0.2) is 14.9 Å². The molecule has 0 aliphatic heterocycles. The van der Waals surface area contributed by atoms with Crippen molar-refractivity contribution in [3.8, 4) is 0 Å². The summed E-state index contributed by atoms with van der Waals surface area (Å²) in [6, 6.07) is 6.25. The molecule has 0 aliphatic carbocycles. The fourth-order valence-electron chi connectivity index (χ4n) is 1.75. The number of ketones is 1. The summed E-state index contributed by atoms with van der Waals surface area (Å²) in [5, 5.41) is 0. The predicted molar refractivity (Wildman–Crippen MR) is 71.2 cm³/mol. The molecule has 1 aromatic carbocycles. The molecule has 0 bridgehead atoms. The van der Waals surface area contributed by atoms with Crippen molar-refractivity contribution in [2.24, 2.45) is 14.1 Å². The minimum Gasteiger partial charge on any atom is -0.399 e. The number of nitrogens with zero attached hydrogens (tertiary/aromatic N) is 2. The van der Waals surface area contributed by atoms with Gasteiger partial charge in [-0.25, -0.2) is 4.79 Å². The van der Waals surface area contributed by atoms with Crippen LogP contribution in [0.15, 0.2) is 40.1 Å². The van der Waals surface area contributed by atoms with Crippen molar-refractivity contribution in [1.82, 2.24) is 9.13 Å². The van der Waals surface area contributed by atoms with Crippen molar-refractivity contribution in [1.29, 1.82) is 0 Å². The number of hydrogen-bond donors (Lipinski definition) is 1. The van der Waals surface area contributed by atoms with Crippen LogP contribution in [0.3, 0.4) is 0 Å². The Morgan fingerprint density at radius 1 is 1.11 bits per heavy atom. The van der Waals surface area contributed by atoms with Gasteiger partial charge < -0.3 is 10.3 Å². The molecular weight excluding hydrogens is 246 g/mol. The summed E-state index contributed by atoms with van der Waals surface area (Å²) >= 11 is 0. The van der Waals surface area contributed by atoms with Gasteiger partial charge in [-0.1, -0.05) is 0 Å². The number of carbonyl (C=O) groups is 1. The highest BCUT2D eigenvalue weighted by atomic mass is 16.2. The predicted octanol–water partition coefficient (Wildman–Crippen LogP) is -0.103. The van der Waals surface area contributed by atoms with E-state index in [1.807, 2.05) is 0 Å². The summed E-state index contributed by atoms with van der Waals surface area (Å²) in [4.78, 5) is 35.7. The van der Waals surface area contributed by atoms with E-state index in [0.29, 0.717) is 11.3 Å². The van der Waals surface area contributed by atoms with E-state index in [4.69, 9.17) is 5.73 Å². The summed E-state index contributed by atoms with van der Waals surface area (Å²) in [6.45, 7) is 0. The largest absolute Gasteiger partial charge is 0.399 e. The second-order valence-corrected chi connectivity index (χ2v) is 4.25. The molecule has 0 saturated heterocycles. The van der Waals surface area contributed by atoms with Crippen LogP contribution >= 0.6 is 0 Å². The molecule has 2 rings (SSSR count). The topological polar surface area (TPSA) is 87.1 Å². The molecule has 0 fully saturated rings. The van der Waals surface area contributed by atoms with Gasteiger partial charge in [-0.3, -0.25) is 14.2 Å². The average molecular weight is 259 g/mol. The second kappa shape index (κ2) is 4.56. The zero-order valence-electron chi connectivity index (χ0n) is 10.6. The van der Waals surface area contributed by atoms with E-state index < -0.39 is 17.0 Å². The van der Waals surface area contributed by atoms with E-state index in [1.165, 1.54) is 24.9 Å². The van der Waals surface area contributed by atoms with Crippen LogP contribution in [0.1, 0.15) is 15.9 Å². The Labute approximate surface area is 108 Å². The van der Waals surface area contributed by atoms with Crippen LogP contribution in [0.5, 0.6) is 0 Å². The van der Waals surface area contributed by atoms with E-state index in [-0.39, 0.29) is 5.56 Å². The van der Waals surface area contributed by atoms with E-state index >= 15 is 0 Å².